The minimum Gasteiger partial charge on any atom is -0.424 e. The van der Waals surface area contributed by atoms with E-state index in [1.807, 2.05) is 35.6 Å². The molecule has 3 aromatic heterocycles. The fraction of sp³-hybridized carbons (Fsp3) is 0.0952. The van der Waals surface area contributed by atoms with Gasteiger partial charge in [-0.1, -0.05) is 12.1 Å². The maximum absolute atomic E-state index is 13.4. The van der Waals surface area contributed by atoms with Gasteiger partial charge in [0.2, 0.25) is 0 Å². The average molecular weight is 374 g/mol. The fourth-order valence-corrected chi connectivity index (χ4v) is 3.55. The highest BCUT2D eigenvalue weighted by atomic mass is 19.1. The van der Waals surface area contributed by atoms with Crippen LogP contribution in [0, 0.1) is 12.7 Å². The van der Waals surface area contributed by atoms with Gasteiger partial charge in [-0.25, -0.2) is 14.4 Å². The predicted molar refractivity (Wildman–Crippen MR) is 103 cm³/mol. The second-order valence-electron chi connectivity index (χ2n) is 6.55. The highest BCUT2D eigenvalue weighted by molar-refractivity contribution is 6.01. The molecule has 6 nitrogen and oxygen atoms in total. The van der Waals surface area contributed by atoms with Gasteiger partial charge in [-0.15, -0.1) is 0 Å². The number of hydrogen-bond donors (Lipinski definition) is 0. The van der Waals surface area contributed by atoms with Crippen molar-refractivity contribution in [2.45, 2.75) is 13.8 Å². The first kappa shape index (κ1) is 16.4. The van der Waals surface area contributed by atoms with E-state index in [0.29, 0.717) is 28.1 Å². The first-order valence-electron chi connectivity index (χ1n) is 8.76. The Balaban J connectivity index is 1.93. The van der Waals surface area contributed by atoms with E-state index < -0.39 is 5.97 Å². The number of carbonyl (C=O) groups excluding carboxylic acids is 1. The van der Waals surface area contributed by atoms with Crippen LogP contribution in [0.15, 0.2) is 54.7 Å². The molecule has 0 saturated heterocycles. The minimum atomic E-state index is -0.437. The van der Waals surface area contributed by atoms with E-state index in [4.69, 9.17) is 14.7 Å². The molecule has 28 heavy (non-hydrogen) atoms. The van der Waals surface area contributed by atoms with E-state index >= 15 is 0 Å². The molecule has 0 N–H and O–H groups in total. The third kappa shape index (κ3) is 2.36. The number of imidazole rings is 1. The smallest absolute Gasteiger partial charge is 0.308 e. The molecule has 0 aliphatic rings. The van der Waals surface area contributed by atoms with Crippen LogP contribution in [0.5, 0.6) is 5.75 Å². The summed E-state index contributed by atoms with van der Waals surface area (Å²) >= 11 is 0. The summed E-state index contributed by atoms with van der Waals surface area (Å²) in [6.07, 6.45) is 1.69. The maximum atomic E-state index is 13.4. The monoisotopic (exact) mass is 374 g/mol. The molecular formula is C21H15FN4O2. The number of carbonyl (C=O) groups is 1. The molecule has 0 fully saturated rings. The zero-order chi connectivity index (χ0) is 19.4. The lowest BCUT2D eigenvalue weighted by Gasteiger charge is -2.07. The molecule has 0 spiro atoms. The lowest BCUT2D eigenvalue weighted by Crippen LogP contribution is -2.02. The first-order chi connectivity index (χ1) is 13.5. The number of rotatable bonds is 2. The van der Waals surface area contributed by atoms with Crippen LogP contribution in [0.2, 0.25) is 0 Å². The number of para-hydroxylation sites is 2. The molecule has 0 unspecified atom stereocenters. The van der Waals surface area contributed by atoms with Crippen molar-refractivity contribution in [2.24, 2.45) is 0 Å². The molecule has 0 atom stereocenters. The van der Waals surface area contributed by atoms with Crippen molar-refractivity contribution in [3.8, 4) is 11.4 Å². The largest absolute Gasteiger partial charge is 0.424 e. The molecule has 0 aliphatic heterocycles. The quantitative estimate of drug-likeness (QED) is 0.435. The van der Waals surface area contributed by atoms with Gasteiger partial charge in [-0.2, -0.15) is 0 Å². The Morgan fingerprint density at radius 3 is 2.54 bits per heavy atom. The lowest BCUT2D eigenvalue weighted by molar-refractivity contribution is -0.131. The zero-order valence-electron chi connectivity index (χ0n) is 15.2. The predicted octanol–water partition coefficient (Wildman–Crippen LogP) is 4.20. The first-order valence-corrected chi connectivity index (χ1v) is 8.76. The summed E-state index contributed by atoms with van der Waals surface area (Å²) in [6.45, 7) is 3.25. The van der Waals surface area contributed by atoms with Crippen LogP contribution in [0.4, 0.5) is 4.39 Å². The third-order valence-corrected chi connectivity index (χ3v) is 4.68. The van der Waals surface area contributed by atoms with Gasteiger partial charge in [0.25, 0.3) is 0 Å². The molecule has 2 aromatic carbocycles. The van der Waals surface area contributed by atoms with Crippen molar-refractivity contribution in [2.75, 3.05) is 0 Å². The molecule has 0 bridgehead atoms. The van der Waals surface area contributed by atoms with Crippen molar-refractivity contribution in [1.82, 2.24) is 18.9 Å². The van der Waals surface area contributed by atoms with Gasteiger partial charge >= 0.3 is 5.97 Å². The van der Waals surface area contributed by atoms with E-state index in [0.717, 1.165) is 16.9 Å². The number of halogens is 1. The Morgan fingerprint density at radius 1 is 1.04 bits per heavy atom. The van der Waals surface area contributed by atoms with Crippen molar-refractivity contribution >= 4 is 33.7 Å². The average Bonchev–Trinajstić information content (AvgIpc) is 3.21. The van der Waals surface area contributed by atoms with E-state index in [2.05, 4.69) is 0 Å². The summed E-state index contributed by atoms with van der Waals surface area (Å²) < 4.78 is 22.6. The van der Waals surface area contributed by atoms with Gasteiger partial charge in [0.1, 0.15) is 17.0 Å². The Labute approximate surface area is 158 Å². The number of aryl methyl sites for hydroxylation is 1. The van der Waals surface area contributed by atoms with Crippen LogP contribution in [0.3, 0.4) is 0 Å². The summed E-state index contributed by atoms with van der Waals surface area (Å²) in [5.74, 6) is 0.339. The van der Waals surface area contributed by atoms with Gasteiger partial charge in [-0.3, -0.25) is 13.8 Å². The molecule has 5 aromatic rings. The van der Waals surface area contributed by atoms with Crippen LogP contribution >= 0.6 is 0 Å². The summed E-state index contributed by atoms with van der Waals surface area (Å²) in [4.78, 5) is 21.2. The molecule has 0 amide bonds. The molecule has 138 valence electrons. The second-order valence-corrected chi connectivity index (χ2v) is 6.55. The van der Waals surface area contributed by atoms with Gasteiger partial charge in [0.05, 0.1) is 17.2 Å². The van der Waals surface area contributed by atoms with Crippen LogP contribution in [0.1, 0.15) is 12.7 Å². The van der Waals surface area contributed by atoms with Crippen molar-refractivity contribution in [1.29, 1.82) is 0 Å². The van der Waals surface area contributed by atoms with Crippen LogP contribution < -0.4 is 4.74 Å². The number of ether oxygens (including phenoxy) is 1. The van der Waals surface area contributed by atoms with E-state index in [1.165, 1.54) is 19.1 Å². The second kappa shape index (κ2) is 5.88. The highest BCUT2D eigenvalue weighted by Crippen LogP contribution is 2.34. The number of aromatic nitrogens is 4. The lowest BCUT2D eigenvalue weighted by atomic mass is 10.3. The SMILES string of the molecule is CC(=O)Oc1cn(-c2ccc(F)cc2)c2nc(C)n3c4ccccc4nc3c12. The summed E-state index contributed by atoms with van der Waals surface area (Å²) in [6, 6.07) is 13.8. The zero-order valence-corrected chi connectivity index (χ0v) is 15.2. The topological polar surface area (TPSA) is 61.4 Å². The maximum Gasteiger partial charge on any atom is 0.308 e. The normalized spacial score (nSPS) is 11.5. The molecule has 3 heterocycles. The number of esters is 1. The summed E-state index contributed by atoms with van der Waals surface area (Å²) in [5.41, 5.74) is 3.69. The Morgan fingerprint density at radius 2 is 1.79 bits per heavy atom. The molecule has 0 radical (unpaired) electrons. The Kier molecular flexibility index (Phi) is 3.45. The molecule has 7 heteroatoms. The van der Waals surface area contributed by atoms with Gasteiger partial charge in [-0.05, 0) is 43.3 Å². The standard InChI is InChI=1S/C21H15FN4O2/c1-12-23-20-19(21-24-16-5-3-4-6-17(16)26(12)21)18(28-13(2)27)11-25(20)15-9-7-14(22)8-10-15/h3-11H,1-2H3. The van der Waals surface area contributed by atoms with Crippen LogP contribution in [-0.4, -0.2) is 24.9 Å². The summed E-state index contributed by atoms with van der Waals surface area (Å²) in [7, 11) is 0. The van der Waals surface area contributed by atoms with E-state index in [-0.39, 0.29) is 5.82 Å². The van der Waals surface area contributed by atoms with Gasteiger partial charge in [0.15, 0.2) is 17.0 Å². The highest BCUT2D eigenvalue weighted by Gasteiger charge is 2.21. The third-order valence-electron chi connectivity index (χ3n) is 4.68. The molecule has 0 aliphatic carbocycles. The fourth-order valence-electron chi connectivity index (χ4n) is 3.55. The molecule has 5 rings (SSSR count). The van der Waals surface area contributed by atoms with Gasteiger partial charge < -0.3 is 4.74 Å². The number of benzene rings is 2. The number of fused-ring (bicyclic) bond motifs is 5. The van der Waals surface area contributed by atoms with Crippen molar-refractivity contribution in [3.05, 3.63) is 66.4 Å². The van der Waals surface area contributed by atoms with E-state index in [1.54, 1.807) is 22.9 Å². The number of hydrogen-bond acceptors (Lipinski definition) is 4. The van der Waals surface area contributed by atoms with Crippen LogP contribution in [-0.2, 0) is 4.79 Å². The van der Waals surface area contributed by atoms with Crippen molar-refractivity contribution in [3.63, 3.8) is 0 Å². The van der Waals surface area contributed by atoms with Crippen molar-refractivity contribution < 1.29 is 13.9 Å². The van der Waals surface area contributed by atoms with Gasteiger partial charge in [0, 0.05) is 12.6 Å². The number of nitrogens with zero attached hydrogens (tertiary/aromatic N) is 4. The Bertz CT molecular complexity index is 1380. The summed E-state index contributed by atoms with van der Waals surface area (Å²) in [5, 5.41) is 0.626. The minimum absolute atomic E-state index is 0.327. The molecule has 0 saturated carbocycles. The molecular weight excluding hydrogens is 359 g/mol. The van der Waals surface area contributed by atoms with E-state index in [9.17, 15) is 9.18 Å². The Hall–Kier alpha value is -3.74. The van der Waals surface area contributed by atoms with Crippen LogP contribution in [0.25, 0.3) is 33.4 Å².